The number of hydrogen-bond donors (Lipinski definition) is 2. The van der Waals surface area contributed by atoms with Crippen LogP contribution in [0.2, 0.25) is 10.0 Å². The van der Waals surface area contributed by atoms with Crippen LogP contribution in [-0.4, -0.2) is 51.7 Å². The molecule has 0 aliphatic rings. The van der Waals surface area contributed by atoms with E-state index in [2.05, 4.69) is 5.32 Å². The van der Waals surface area contributed by atoms with Gasteiger partial charge in [0.15, 0.2) is 0 Å². The molecule has 3 rings (SSSR count). The lowest BCUT2D eigenvalue weighted by atomic mass is 10.1. The van der Waals surface area contributed by atoms with Gasteiger partial charge in [-0.15, -0.1) is 0 Å². The van der Waals surface area contributed by atoms with Crippen LogP contribution in [0.25, 0.3) is 10.8 Å². The predicted octanol–water partition coefficient (Wildman–Crippen LogP) is 4.41. The molecule has 8 nitrogen and oxygen atoms in total. The molecule has 3 aromatic rings. The number of rotatable bonds is 11. The summed E-state index contributed by atoms with van der Waals surface area (Å²) in [5.41, 5.74) is 0.616. The maximum atomic E-state index is 13.6. The zero-order valence-electron chi connectivity index (χ0n) is 19.5. The van der Waals surface area contributed by atoms with Gasteiger partial charge in [-0.1, -0.05) is 48.7 Å². The number of amides is 1. The summed E-state index contributed by atoms with van der Waals surface area (Å²) in [5.74, 6) is -1.04. The number of ether oxygens (including phenoxy) is 1. The van der Waals surface area contributed by atoms with Crippen LogP contribution < -0.4 is 9.62 Å². The van der Waals surface area contributed by atoms with E-state index in [0.717, 1.165) is 10.7 Å². The number of hydrogen-bond acceptors (Lipinski definition) is 6. The average molecular weight is 553 g/mol. The highest BCUT2D eigenvalue weighted by Crippen LogP contribution is 2.30. The van der Waals surface area contributed by atoms with Gasteiger partial charge >= 0.3 is 5.97 Å². The van der Waals surface area contributed by atoms with Gasteiger partial charge < -0.3 is 15.2 Å². The van der Waals surface area contributed by atoms with Gasteiger partial charge in [-0.25, -0.2) is 8.42 Å². The van der Waals surface area contributed by atoms with Crippen LogP contribution in [0, 0.1) is 0 Å². The van der Waals surface area contributed by atoms with Crippen LogP contribution in [-0.2, 0) is 19.6 Å². The number of unbranched alkanes of at least 4 members (excludes halogenated alkanes) is 1. The SMILES string of the molecule is CCCCOC(=O)CN(c1ccc2cc(C(=O)NCCO)ccc2c1)S(=O)(=O)c1cc(Cl)cc(Cl)c1. The standard InChI is InChI=1S/C25H26Cl2N2O6S/c1-2-3-10-35-24(31)16-29(36(33,34)23-14-20(26)13-21(27)15-23)22-7-6-17-11-19(5-4-18(17)12-22)25(32)28-8-9-30/h4-7,11-15,30H,2-3,8-10,16H2,1H3,(H,28,32). The molecule has 0 atom stereocenters. The second-order valence-electron chi connectivity index (χ2n) is 7.92. The number of aliphatic hydroxyl groups excluding tert-OH is 1. The minimum Gasteiger partial charge on any atom is -0.464 e. The Morgan fingerprint density at radius 2 is 1.67 bits per heavy atom. The van der Waals surface area contributed by atoms with E-state index in [0.29, 0.717) is 22.8 Å². The molecular weight excluding hydrogens is 527 g/mol. The molecule has 0 aliphatic carbocycles. The van der Waals surface area contributed by atoms with E-state index in [9.17, 15) is 18.0 Å². The first-order chi connectivity index (χ1) is 17.1. The Balaban J connectivity index is 2.01. The smallest absolute Gasteiger partial charge is 0.326 e. The van der Waals surface area contributed by atoms with Crippen LogP contribution in [0.1, 0.15) is 30.1 Å². The maximum absolute atomic E-state index is 13.6. The number of aliphatic hydroxyl groups is 1. The third-order valence-corrected chi connectivity index (χ3v) is 7.42. The van der Waals surface area contributed by atoms with Crippen molar-refractivity contribution in [3.05, 3.63) is 70.2 Å². The van der Waals surface area contributed by atoms with Gasteiger partial charge in [0.1, 0.15) is 6.54 Å². The molecule has 2 N–H and O–H groups in total. The minimum atomic E-state index is -4.25. The lowest BCUT2D eigenvalue weighted by Crippen LogP contribution is -2.36. The number of halogens is 2. The normalized spacial score (nSPS) is 11.3. The van der Waals surface area contributed by atoms with Gasteiger partial charge in [0.05, 0.1) is 23.8 Å². The molecule has 11 heteroatoms. The zero-order chi connectivity index (χ0) is 26.3. The van der Waals surface area contributed by atoms with Crippen LogP contribution in [0.5, 0.6) is 0 Å². The van der Waals surface area contributed by atoms with Crippen molar-refractivity contribution in [3.63, 3.8) is 0 Å². The summed E-state index contributed by atoms with van der Waals surface area (Å²) in [6, 6.07) is 13.7. The Kier molecular flexibility index (Phi) is 9.56. The number of sulfonamides is 1. The fourth-order valence-electron chi connectivity index (χ4n) is 3.41. The number of benzene rings is 3. The van der Waals surface area contributed by atoms with Gasteiger partial charge in [-0.2, -0.15) is 0 Å². The minimum absolute atomic E-state index is 0.129. The first-order valence-electron chi connectivity index (χ1n) is 11.2. The molecule has 0 bridgehead atoms. The Labute approximate surface area is 219 Å². The zero-order valence-corrected chi connectivity index (χ0v) is 21.9. The summed E-state index contributed by atoms with van der Waals surface area (Å²) in [5, 5.41) is 13.1. The van der Waals surface area contributed by atoms with Gasteiger partial charge in [-0.3, -0.25) is 13.9 Å². The summed E-state index contributed by atoms with van der Waals surface area (Å²) in [4.78, 5) is 24.6. The number of carbonyl (C=O) groups excluding carboxylic acids is 2. The quantitative estimate of drug-likeness (QED) is 0.269. The highest BCUT2D eigenvalue weighted by atomic mass is 35.5. The first kappa shape index (κ1) is 27.7. The second kappa shape index (κ2) is 12.4. The highest BCUT2D eigenvalue weighted by Gasteiger charge is 2.29. The van der Waals surface area contributed by atoms with E-state index >= 15 is 0 Å². The van der Waals surface area contributed by atoms with Gasteiger partial charge in [0.25, 0.3) is 15.9 Å². The van der Waals surface area contributed by atoms with E-state index in [4.69, 9.17) is 33.0 Å². The van der Waals surface area contributed by atoms with Crippen LogP contribution in [0.4, 0.5) is 5.69 Å². The van der Waals surface area contributed by atoms with Gasteiger partial charge in [0.2, 0.25) is 0 Å². The van der Waals surface area contributed by atoms with E-state index in [-0.39, 0.29) is 46.3 Å². The second-order valence-corrected chi connectivity index (χ2v) is 10.7. The lowest BCUT2D eigenvalue weighted by molar-refractivity contribution is -0.141. The van der Waals surface area contributed by atoms with Gasteiger partial charge in [-0.05, 0) is 59.7 Å². The molecule has 0 aromatic heterocycles. The van der Waals surface area contributed by atoms with Crippen molar-refractivity contribution in [3.8, 4) is 0 Å². The molecule has 192 valence electrons. The van der Waals surface area contributed by atoms with Crippen LogP contribution in [0.3, 0.4) is 0 Å². The van der Waals surface area contributed by atoms with E-state index in [1.165, 1.54) is 18.2 Å². The van der Waals surface area contributed by atoms with E-state index < -0.39 is 22.5 Å². The van der Waals surface area contributed by atoms with Crippen molar-refractivity contribution in [1.29, 1.82) is 0 Å². The molecule has 1 amide bonds. The van der Waals surface area contributed by atoms with E-state index in [1.807, 2.05) is 6.92 Å². The van der Waals surface area contributed by atoms with Crippen molar-refractivity contribution in [2.24, 2.45) is 0 Å². The fraction of sp³-hybridized carbons (Fsp3) is 0.280. The largest absolute Gasteiger partial charge is 0.464 e. The fourth-order valence-corrected chi connectivity index (χ4v) is 5.54. The molecule has 0 fully saturated rings. The number of anilines is 1. The molecule has 3 aromatic carbocycles. The Hall–Kier alpha value is -2.85. The number of nitrogens with one attached hydrogen (secondary N) is 1. The van der Waals surface area contributed by atoms with Crippen molar-refractivity contribution in [1.82, 2.24) is 5.32 Å². The van der Waals surface area contributed by atoms with Crippen molar-refractivity contribution < 1.29 is 27.9 Å². The number of esters is 1. The summed E-state index contributed by atoms with van der Waals surface area (Å²) in [6.07, 6.45) is 1.48. The molecule has 0 heterocycles. The molecule has 0 radical (unpaired) electrons. The van der Waals surface area contributed by atoms with Crippen LogP contribution in [0.15, 0.2) is 59.5 Å². The Morgan fingerprint density at radius 1 is 1.00 bits per heavy atom. The lowest BCUT2D eigenvalue weighted by Gasteiger charge is -2.24. The molecule has 36 heavy (non-hydrogen) atoms. The molecule has 0 saturated carbocycles. The molecule has 0 unspecified atom stereocenters. The van der Waals surface area contributed by atoms with Crippen molar-refractivity contribution in [2.45, 2.75) is 24.7 Å². The first-order valence-corrected chi connectivity index (χ1v) is 13.4. The third-order valence-electron chi connectivity index (χ3n) is 5.23. The Bertz CT molecular complexity index is 1340. The molecular formula is C25H26Cl2N2O6S. The number of carbonyl (C=O) groups is 2. The molecule has 0 aliphatic heterocycles. The highest BCUT2D eigenvalue weighted by molar-refractivity contribution is 7.92. The predicted molar refractivity (Wildman–Crippen MR) is 140 cm³/mol. The van der Waals surface area contributed by atoms with Gasteiger partial charge in [0, 0.05) is 22.2 Å². The van der Waals surface area contributed by atoms with Crippen molar-refractivity contribution in [2.75, 3.05) is 30.6 Å². The monoisotopic (exact) mass is 552 g/mol. The average Bonchev–Trinajstić information content (AvgIpc) is 2.84. The molecule has 0 spiro atoms. The number of fused-ring (bicyclic) bond motifs is 1. The van der Waals surface area contributed by atoms with E-state index in [1.54, 1.807) is 36.4 Å². The van der Waals surface area contributed by atoms with Crippen molar-refractivity contribution >= 4 is 61.6 Å². The summed E-state index contributed by atoms with van der Waals surface area (Å²) in [7, 11) is -4.25. The Morgan fingerprint density at radius 3 is 2.33 bits per heavy atom. The van der Waals surface area contributed by atoms with Crippen LogP contribution >= 0.6 is 23.2 Å². The number of nitrogens with zero attached hydrogens (tertiary/aromatic N) is 1. The summed E-state index contributed by atoms with van der Waals surface area (Å²) < 4.78 is 33.4. The third kappa shape index (κ3) is 6.88. The maximum Gasteiger partial charge on any atom is 0.326 e. The summed E-state index contributed by atoms with van der Waals surface area (Å²) >= 11 is 12.1. The molecule has 0 saturated heterocycles. The summed E-state index contributed by atoms with van der Waals surface area (Å²) in [6.45, 7) is 1.54. The topological polar surface area (TPSA) is 113 Å².